The minimum Gasteiger partial charge on any atom is -0.365 e. The Morgan fingerprint density at radius 2 is 1.88 bits per heavy atom. The van der Waals surface area contributed by atoms with Crippen LogP contribution in [0.3, 0.4) is 0 Å². The Labute approximate surface area is 203 Å². The van der Waals surface area contributed by atoms with Crippen LogP contribution in [0.2, 0.25) is 5.02 Å². The zero-order valence-electron chi connectivity index (χ0n) is 19.0. The topological polar surface area (TPSA) is 90.5 Å². The Morgan fingerprint density at radius 3 is 2.65 bits per heavy atom. The molecular formula is C25H25ClN6O2. The van der Waals surface area contributed by atoms with Crippen LogP contribution >= 0.6 is 11.6 Å². The van der Waals surface area contributed by atoms with Gasteiger partial charge in [-0.15, -0.1) is 0 Å². The molecule has 0 radical (unpaired) electrons. The molecule has 9 heteroatoms. The first-order valence-corrected chi connectivity index (χ1v) is 11.7. The molecule has 0 spiro atoms. The monoisotopic (exact) mass is 476 g/mol. The van der Waals surface area contributed by atoms with Crippen LogP contribution in [0, 0.1) is 0 Å². The Hall–Kier alpha value is -3.65. The molecule has 1 unspecified atom stereocenters. The van der Waals surface area contributed by atoms with Gasteiger partial charge in [-0.2, -0.15) is 0 Å². The van der Waals surface area contributed by atoms with E-state index in [-0.39, 0.29) is 23.9 Å². The lowest BCUT2D eigenvalue weighted by Crippen LogP contribution is -2.53. The molecule has 2 amide bonds. The largest absolute Gasteiger partial charge is 0.365 e. The average molecular weight is 477 g/mol. The second-order valence-corrected chi connectivity index (χ2v) is 8.84. The van der Waals surface area contributed by atoms with Crippen molar-refractivity contribution in [3.05, 3.63) is 76.6 Å². The van der Waals surface area contributed by atoms with Crippen molar-refractivity contribution in [1.82, 2.24) is 14.9 Å². The number of nitrogens with zero attached hydrogens (tertiary/aromatic N) is 4. The minimum atomic E-state index is -0.236. The predicted molar refractivity (Wildman–Crippen MR) is 133 cm³/mol. The quantitative estimate of drug-likeness (QED) is 0.577. The number of aromatic nitrogens is 2. The van der Waals surface area contributed by atoms with Crippen molar-refractivity contribution >= 4 is 40.7 Å². The van der Waals surface area contributed by atoms with Crippen molar-refractivity contribution in [1.29, 1.82) is 0 Å². The highest BCUT2D eigenvalue weighted by molar-refractivity contribution is 6.35. The van der Waals surface area contributed by atoms with Gasteiger partial charge in [0.1, 0.15) is 23.5 Å². The van der Waals surface area contributed by atoms with E-state index in [9.17, 15) is 9.59 Å². The number of nitrogens with one attached hydrogen (secondary N) is 2. The third-order valence-corrected chi connectivity index (χ3v) is 6.75. The van der Waals surface area contributed by atoms with E-state index in [0.29, 0.717) is 47.4 Å². The molecule has 3 aromatic rings. The molecule has 0 aliphatic carbocycles. The zero-order chi connectivity index (χ0) is 23.8. The number of carbonyl (C=O) groups excluding carboxylic acids is 2. The summed E-state index contributed by atoms with van der Waals surface area (Å²) < 4.78 is 0. The second kappa shape index (κ2) is 8.95. The fourth-order valence-electron chi connectivity index (χ4n) is 4.66. The van der Waals surface area contributed by atoms with Gasteiger partial charge >= 0.3 is 0 Å². The van der Waals surface area contributed by atoms with Gasteiger partial charge in [-0.3, -0.25) is 9.59 Å². The predicted octanol–water partition coefficient (Wildman–Crippen LogP) is 4.05. The van der Waals surface area contributed by atoms with Crippen LogP contribution in [-0.2, 0) is 6.42 Å². The molecule has 1 aromatic heterocycles. The highest BCUT2D eigenvalue weighted by atomic mass is 35.5. The summed E-state index contributed by atoms with van der Waals surface area (Å²) in [6.07, 6.45) is 2.04. The smallest absolute Gasteiger partial charge is 0.262 e. The highest BCUT2D eigenvalue weighted by Crippen LogP contribution is 2.35. The van der Waals surface area contributed by atoms with E-state index >= 15 is 0 Å². The fraction of sp³-hybridized carbons (Fsp3) is 0.280. The number of para-hydroxylation sites is 1. The van der Waals surface area contributed by atoms with Gasteiger partial charge in [-0.05, 0) is 44.0 Å². The van der Waals surface area contributed by atoms with E-state index in [0.717, 1.165) is 11.3 Å². The minimum absolute atomic E-state index is 0.122. The Morgan fingerprint density at radius 1 is 1.09 bits per heavy atom. The summed E-state index contributed by atoms with van der Waals surface area (Å²) in [6, 6.07) is 14.6. The maximum absolute atomic E-state index is 13.7. The zero-order valence-corrected chi connectivity index (χ0v) is 19.7. The first kappa shape index (κ1) is 22.2. The Kier molecular flexibility index (Phi) is 5.83. The molecule has 0 fully saturated rings. The van der Waals surface area contributed by atoms with Gasteiger partial charge in [-0.1, -0.05) is 41.9 Å². The van der Waals surface area contributed by atoms with Gasteiger partial charge in [0, 0.05) is 18.3 Å². The summed E-state index contributed by atoms with van der Waals surface area (Å²) in [5.41, 5.74) is 2.65. The van der Waals surface area contributed by atoms with E-state index in [2.05, 4.69) is 20.6 Å². The standard InChI is InChI=1S/C25H25ClN6O2/c1-3-31-14-29-22-21(24(31)33)23(28-13-27-22)30-15(2)19-12-16-8-7-11-18(26)20(16)25(34)32(19)17-9-5-4-6-10-17/h4-11,13,15,19H,3,12,14H2,1-2H3,(H2,27,28,29,30)/t15-,19?/m0/s1. The number of halogens is 1. The number of rotatable bonds is 5. The van der Waals surface area contributed by atoms with E-state index in [1.807, 2.05) is 56.3 Å². The van der Waals surface area contributed by atoms with E-state index < -0.39 is 0 Å². The van der Waals surface area contributed by atoms with Gasteiger partial charge in [0.2, 0.25) is 0 Å². The van der Waals surface area contributed by atoms with E-state index in [4.69, 9.17) is 11.6 Å². The lowest BCUT2D eigenvalue weighted by atomic mass is 9.89. The van der Waals surface area contributed by atoms with E-state index in [1.165, 1.54) is 6.33 Å². The number of hydrogen-bond donors (Lipinski definition) is 2. The summed E-state index contributed by atoms with van der Waals surface area (Å²) in [5.74, 6) is 0.696. The van der Waals surface area contributed by atoms with Gasteiger partial charge in [0.05, 0.1) is 23.3 Å². The van der Waals surface area contributed by atoms with Crippen molar-refractivity contribution in [2.24, 2.45) is 0 Å². The molecule has 34 heavy (non-hydrogen) atoms. The Bertz CT molecular complexity index is 1250. The van der Waals surface area contributed by atoms with Gasteiger partial charge in [-0.25, -0.2) is 9.97 Å². The van der Waals surface area contributed by atoms with Crippen LogP contribution in [0.1, 0.15) is 40.1 Å². The van der Waals surface area contributed by atoms with Crippen LogP contribution in [0.5, 0.6) is 0 Å². The van der Waals surface area contributed by atoms with Gasteiger partial charge < -0.3 is 20.4 Å². The first-order chi connectivity index (χ1) is 16.5. The third-order valence-electron chi connectivity index (χ3n) is 6.44. The van der Waals surface area contributed by atoms with Gasteiger partial charge in [0.25, 0.3) is 11.8 Å². The normalized spacial score (nSPS) is 18.1. The van der Waals surface area contributed by atoms with Crippen molar-refractivity contribution in [3.63, 3.8) is 0 Å². The molecule has 174 valence electrons. The molecule has 2 aliphatic rings. The number of fused-ring (bicyclic) bond motifs is 2. The molecule has 2 aromatic carbocycles. The molecular weight excluding hydrogens is 452 g/mol. The van der Waals surface area contributed by atoms with Crippen molar-refractivity contribution in [3.8, 4) is 0 Å². The van der Waals surface area contributed by atoms with Crippen LogP contribution in [0.15, 0.2) is 54.9 Å². The maximum atomic E-state index is 13.7. The number of amides is 2. The number of anilines is 3. The maximum Gasteiger partial charge on any atom is 0.262 e. The van der Waals surface area contributed by atoms with Crippen LogP contribution in [0.4, 0.5) is 17.3 Å². The highest BCUT2D eigenvalue weighted by Gasteiger charge is 2.38. The molecule has 0 saturated heterocycles. The summed E-state index contributed by atoms with van der Waals surface area (Å²) in [7, 11) is 0. The fourth-order valence-corrected chi connectivity index (χ4v) is 4.94. The summed E-state index contributed by atoms with van der Waals surface area (Å²) in [6.45, 7) is 4.91. The molecule has 0 saturated carbocycles. The molecule has 0 bridgehead atoms. The first-order valence-electron chi connectivity index (χ1n) is 11.3. The summed E-state index contributed by atoms with van der Waals surface area (Å²) in [5, 5.41) is 7.05. The lowest BCUT2D eigenvalue weighted by molar-refractivity contribution is 0.0766. The Balaban J connectivity index is 1.53. The lowest BCUT2D eigenvalue weighted by Gasteiger charge is -2.40. The molecule has 8 nitrogen and oxygen atoms in total. The van der Waals surface area contributed by atoms with Crippen LogP contribution in [0.25, 0.3) is 0 Å². The average Bonchev–Trinajstić information content (AvgIpc) is 2.84. The molecule has 2 atom stereocenters. The van der Waals surface area contributed by atoms with Crippen molar-refractivity contribution < 1.29 is 9.59 Å². The van der Waals surface area contributed by atoms with Gasteiger partial charge in [0.15, 0.2) is 0 Å². The molecule has 2 N–H and O–H groups in total. The third kappa shape index (κ3) is 3.74. The molecule has 5 rings (SSSR count). The van der Waals surface area contributed by atoms with Crippen molar-refractivity contribution in [2.75, 3.05) is 28.7 Å². The number of hydrogen-bond acceptors (Lipinski definition) is 6. The number of carbonyl (C=O) groups is 2. The summed E-state index contributed by atoms with van der Waals surface area (Å²) in [4.78, 5) is 38.9. The van der Waals surface area contributed by atoms with Crippen LogP contribution in [-0.4, -0.2) is 52.0 Å². The second-order valence-electron chi connectivity index (χ2n) is 8.43. The van der Waals surface area contributed by atoms with E-state index in [1.54, 1.807) is 15.9 Å². The SMILES string of the molecule is CCN1CNc2ncnc(N[C@@H](C)C3Cc4cccc(Cl)c4C(=O)N3c3ccccc3)c2C1=O. The molecule has 3 heterocycles. The van der Waals surface area contributed by atoms with Crippen LogP contribution < -0.4 is 15.5 Å². The number of benzene rings is 2. The molecule has 2 aliphatic heterocycles. The van der Waals surface area contributed by atoms with Crippen molar-refractivity contribution in [2.45, 2.75) is 32.4 Å². The summed E-state index contributed by atoms with van der Waals surface area (Å²) >= 11 is 6.44.